The number of halogens is 3. The van der Waals surface area contributed by atoms with Crippen molar-refractivity contribution in [3.05, 3.63) is 68.7 Å². The molecule has 2 heterocycles. The zero-order valence-electron chi connectivity index (χ0n) is 17.1. The molecular weight excluding hydrogens is 437 g/mol. The number of nitrogens with zero attached hydrogens (tertiary/aromatic N) is 1. The Balaban J connectivity index is 1.43. The van der Waals surface area contributed by atoms with Crippen LogP contribution in [0.4, 0.5) is 5.69 Å². The minimum absolute atomic E-state index is 0.598. The van der Waals surface area contributed by atoms with Gasteiger partial charge >= 0.3 is 0 Å². The van der Waals surface area contributed by atoms with Gasteiger partial charge in [-0.2, -0.15) is 0 Å². The highest BCUT2D eigenvalue weighted by molar-refractivity contribution is 6.35. The molecule has 0 saturated carbocycles. The van der Waals surface area contributed by atoms with Gasteiger partial charge in [0.2, 0.25) is 0 Å². The van der Waals surface area contributed by atoms with Gasteiger partial charge in [0.15, 0.2) is 0 Å². The average molecular weight is 465 g/mol. The Hall–Kier alpha value is -1.23. The Morgan fingerprint density at radius 2 is 2.10 bits per heavy atom. The Morgan fingerprint density at radius 3 is 2.87 bits per heavy atom. The van der Waals surface area contributed by atoms with Gasteiger partial charge in [-0.25, -0.2) is 0 Å². The highest BCUT2D eigenvalue weighted by atomic mass is 35.5. The van der Waals surface area contributed by atoms with Crippen LogP contribution in [-0.2, 0) is 0 Å². The Bertz CT molecular complexity index is 895. The number of piperidine rings is 1. The van der Waals surface area contributed by atoms with Gasteiger partial charge in [0, 0.05) is 48.7 Å². The SMILES string of the molecule is ClC1=CC(Cl)=C(CNc2cc(C3=CCN([C@H]4CCCNC4)CC3)ccc2Cl)C=CC1. The molecule has 1 saturated heterocycles. The summed E-state index contributed by atoms with van der Waals surface area (Å²) in [6, 6.07) is 6.93. The van der Waals surface area contributed by atoms with E-state index >= 15 is 0 Å². The van der Waals surface area contributed by atoms with Crippen LogP contribution in [0.3, 0.4) is 0 Å². The summed E-state index contributed by atoms with van der Waals surface area (Å²) in [7, 11) is 0. The number of nitrogens with one attached hydrogen (secondary N) is 2. The number of benzene rings is 1. The molecule has 3 nitrogen and oxygen atoms in total. The topological polar surface area (TPSA) is 27.3 Å². The lowest BCUT2D eigenvalue weighted by atomic mass is 9.96. The highest BCUT2D eigenvalue weighted by Gasteiger charge is 2.23. The Labute approximate surface area is 194 Å². The zero-order chi connectivity index (χ0) is 20.9. The molecule has 1 aliphatic carbocycles. The van der Waals surface area contributed by atoms with E-state index in [1.54, 1.807) is 0 Å². The normalized spacial score (nSPS) is 23.1. The molecule has 6 heteroatoms. The van der Waals surface area contributed by atoms with Gasteiger partial charge in [0.05, 0.1) is 10.7 Å². The second kappa shape index (κ2) is 10.4. The molecule has 30 heavy (non-hydrogen) atoms. The number of rotatable bonds is 5. The van der Waals surface area contributed by atoms with Crippen molar-refractivity contribution in [2.45, 2.75) is 31.7 Å². The lowest BCUT2D eigenvalue weighted by Gasteiger charge is -2.36. The van der Waals surface area contributed by atoms with Crippen LogP contribution in [0.15, 0.2) is 58.1 Å². The minimum atomic E-state index is 0.598. The molecule has 0 bridgehead atoms. The van der Waals surface area contributed by atoms with Crippen molar-refractivity contribution in [2.75, 3.05) is 38.0 Å². The van der Waals surface area contributed by atoms with E-state index in [1.165, 1.54) is 24.0 Å². The first-order valence-corrected chi connectivity index (χ1v) is 11.8. The van der Waals surface area contributed by atoms with Crippen LogP contribution in [-0.4, -0.2) is 43.7 Å². The van der Waals surface area contributed by atoms with Gasteiger partial charge in [-0.05, 0) is 60.7 Å². The summed E-state index contributed by atoms with van der Waals surface area (Å²) in [5, 5.41) is 9.10. The van der Waals surface area contributed by atoms with Crippen molar-refractivity contribution in [3.63, 3.8) is 0 Å². The number of hydrogen-bond donors (Lipinski definition) is 2. The first-order valence-electron chi connectivity index (χ1n) is 10.7. The molecule has 1 atom stereocenters. The summed E-state index contributed by atoms with van der Waals surface area (Å²) in [5.41, 5.74) is 4.57. The van der Waals surface area contributed by atoms with Crippen LogP contribution in [0.1, 0.15) is 31.2 Å². The average Bonchev–Trinajstić information content (AvgIpc) is 2.93. The molecule has 0 amide bonds. The molecule has 1 aromatic rings. The first kappa shape index (κ1) is 22.0. The maximum Gasteiger partial charge on any atom is 0.0638 e. The van der Waals surface area contributed by atoms with E-state index < -0.39 is 0 Å². The van der Waals surface area contributed by atoms with Crippen LogP contribution >= 0.6 is 34.8 Å². The predicted octanol–water partition coefficient (Wildman–Crippen LogP) is 6.17. The first-order chi connectivity index (χ1) is 14.6. The second-order valence-electron chi connectivity index (χ2n) is 8.09. The Kier molecular flexibility index (Phi) is 7.61. The van der Waals surface area contributed by atoms with Crippen molar-refractivity contribution in [1.29, 1.82) is 0 Å². The van der Waals surface area contributed by atoms with Crippen LogP contribution in [0, 0.1) is 0 Å². The summed E-state index contributed by atoms with van der Waals surface area (Å²) >= 11 is 19.0. The van der Waals surface area contributed by atoms with Gasteiger partial charge in [-0.1, -0.05) is 59.1 Å². The molecule has 1 aromatic carbocycles. The third-order valence-corrected chi connectivity index (χ3v) is 7.00. The molecule has 0 radical (unpaired) electrons. The van der Waals surface area contributed by atoms with Crippen molar-refractivity contribution < 1.29 is 0 Å². The quantitative estimate of drug-likeness (QED) is 0.546. The Morgan fingerprint density at radius 1 is 1.20 bits per heavy atom. The van der Waals surface area contributed by atoms with E-state index in [4.69, 9.17) is 34.8 Å². The number of hydrogen-bond acceptors (Lipinski definition) is 3. The maximum atomic E-state index is 6.47. The summed E-state index contributed by atoms with van der Waals surface area (Å²) in [6.07, 6.45) is 12.6. The molecule has 4 rings (SSSR count). The summed E-state index contributed by atoms with van der Waals surface area (Å²) in [6.45, 7) is 5.01. The van der Waals surface area contributed by atoms with E-state index in [1.807, 2.05) is 24.3 Å². The molecule has 160 valence electrons. The van der Waals surface area contributed by atoms with E-state index in [0.29, 0.717) is 29.1 Å². The lowest BCUT2D eigenvalue weighted by molar-refractivity contribution is 0.182. The van der Waals surface area contributed by atoms with Crippen LogP contribution in [0.5, 0.6) is 0 Å². The van der Waals surface area contributed by atoms with Gasteiger partial charge in [-0.15, -0.1) is 0 Å². The van der Waals surface area contributed by atoms with Crippen molar-refractivity contribution in [3.8, 4) is 0 Å². The van der Waals surface area contributed by atoms with E-state index in [9.17, 15) is 0 Å². The summed E-state index contributed by atoms with van der Waals surface area (Å²) in [4.78, 5) is 2.61. The molecule has 0 spiro atoms. The van der Waals surface area contributed by atoms with Crippen molar-refractivity contribution >= 4 is 46.1 Å². The van der Waals surface area contributed by atoms with Gasteiger partial charge in [0.1, 0.15) is 0 Å². The molecule has 2 aliphatic heterocycles. The molecular formula is C24H28Cl3N3. The van der Waals surface area contributed by atoms with E-state index in [-0.39, 0.29) is 0 Å². The largest absolute Gasteiger partial charge is 0.380 e. The number of anilines is 1. The highest BCUT2D eigenvalue weighted by Crippen LogP contribution is 2.31. The minimum Gasteiger partial charge on any atom is -0.380 e. The summed E-state index contributed by atoms with van der Waals surface area (Å²) < 4.78 is 0. The molecule has 2 N–H and O–H groups in total. The van der Waals surface area contributed by atoms with Crippen LogP contribution < -0.4 is 10.6 Å². The monoisotopic (exact) mass is 463 g/mol. The van der Waals surface area contributed by atoms with Crippen LogP contribution in [0.25, 0.3) is 5.57 Å². The fourth-order valence-corrected chi connectivity index (χ4v) is 5.00. The summed E-state index contributed by atoms with van der Waals surface area (Å²) in [5.74, 6) is 0. The van der Waals surface area contributed by atoms with E-state index in [2.05, 4.69) is 33.7 Å². The van der Waals surface area contributed by atoms with Crippen molar-refractivity contribution in [1.82, 2.24) is 10.2 Å². The second-order valence-corrected chi connectivity index (χ2v) is 9.39. The fourth-order valence-electron chi connectivity index (χ4n) is 4.30. The number of allylic oxidation sites excluding steroid dienone is 4. The molecule has 3 aliphatic rings. The van der Waals surface area contributed by atoms with E-state index in [0.717, 1.165) is 48.9 Å². The molecule has 0 unspecified atom stereocenters. The van der Waals surface area contributed by atoms with Crippen LogP contribution in [0.2, 0.25) is 5.02 Å². The standard InChI is InChI=1S/C24H28Cl3N3/c25-20-4-1-3-19(23(27)14-20)15-29-24-13-18(6-7-22(24)26)17-8-11-30(12-9-17)21-5-2-10-28-16-21/h1,3,6-8,13-14,21,28-29H,2,4-5,9-12,15-16H2/t21-/m0/s1. The predicted molar refractivity (Wildman–Crippen MR) is 131 cm³/mol. The lowest BCUT2D eigenvalue weighted by Crippen LogP contribution is -2.47. The van der Waals surface area contributed by atoms with Gasteiger partial charge in [0.25, 0.3) is 0 Å². The maximum absolute atomic E-state index is 6.47. The molecule has 0 aromatic heterocycles. The smallest absolute Gasteiger partial charge is 0.0638 e. The molecule has 1 fully saturated rings. The van der Waals surface area contributed by atoms with Crippen molar-refractivity contribution in [2.24, 2.45) is 0 Å². The van der Waals surface area contributed by atoms with Gasteiger partial charge in [-0.3, -0.25) is 4.90 Å². The third-order valence-electron chi connectivity index (χ3n) is 6.06. The fraction of sp³-hybridized carbons (Fsp3) is 0.417. The zero-order valence-corrected chi connectivity index (χ0v) is 19.3. The third kappa shape index (κ3) is 5.52. The van der Waals surface area contributed by atoms with Gasteiger partial charge < -0.3 is 10.6 Å².